The minimum absolute atomic E-state index is 0.0273. The molecule has 0 saturated heterocycles. The summed E-state index contributed by atoms with van der Waals surface area (Å²) in [6.07, 6.45) is 2.54. The van der Waals surface area contributed by atoms with Gasteiger partial charge in [0.25, 0.3) is 5.91 Å². The number of fused-ring (bicyclic) bond motifs is 1. The summed E-state index contributed by atoms with van der Waals surface area (Å²) in [6.45, 7) is 1.68. The van der Waals surface area contributed by atoms with Crippen molar-refractivity contribution in [3.63, 3.8) is 0 Å². The van der Waals surface area contributed by atoms with E-state index in [9.17, 15) is 9.59 Å². The fraction of sp³-hybridized carbons (Fsp3) is 0.185. The molecule has 5 nitrogen and oxygen atoms in total. The second kappa shape index (κ2) is 9.52. The lowest BCUT2D eigenvalue weighted by atomic mass is 10.0. The van der Waals surface area contributed by atoms with E-state index in [1.807, 2.05) is 85.8 Å². The van der Waals surface area contributed by atoms with E-state index in [4.69, 9.17) is 9.47 Å². The van der Waals surface area contributed by atoms with Gasteiger partial charge in [-0.15, -0.1) is 0 Å². The summed E-state index contributed by atoms with van der Waals surface area (Å²) in [5.41, 5.74) is 3.90. The van der Waals surface area contributed by atoms with Crippen LogP contribution in [0, 0.1) is 0 Å². The molecule has 0 radical (unpaired) electrons. The maximum absolute atomic E-state index is 13.1. The topological polar surface area (TPSA) is 55.8 Å². The molecule has 162 valence electrons. The van der Waals surface area contributed by atoms with Crippen LogP contribution in [0.4, 0.5) is 5.69 Å². The number of methoxy groups -OCH3 is 1. The molecule has 3 aromatic rings. The van der Waals surface area contributed by atoms with Gasteiger partial charge in [-0.2, -0.15) is 0 Å². The van der Waals surface area contributed by atoms with Crippen molar-refractivity contribution in [2.45, 2.75) is 19.4 Å². The van der Waals surface area contributed by atoms with E-state index in [1.54, 1.807) is 18.1 Å². The molecule has 0 saturated carbocycles. The number of amides is 1. The van der Waals surface area contributed by atoms with Crippen molar-refractivity contribution in [2.75, 3.05) is 18.6 Å². The van der Waals surface area contributed by atoms with Gasteiger partial charge in [-0.1, -0.05) is 60.7 Å². The molecule has 0 aromatic heterocycles. The Labute approximate surface area is 187 Å². The lowest BCUT2D eigenvalue weighted by Gasteiger charge is -2.22. The van der Waals surface area contributed by atoms with Crippen LogP contribution in [0.2, 0.25) is 0 Å². The number of benzene rings is 3. The number of anilines is 1. The van der Waals surface area contributed by atoms with Crippen LogP contribution in [0.15, 0.2) is 78.9 Å². The van der Waals surface area contributed by atoms with Gasteiger partial charge in [0.15, 0.2) is 6.61 Å². The number of nitrogens with zero attached hydrogens (tertiary/aromatic N) is 1. The van der Waals surface area contributed by atoms with E-state index in [0.29, 0.717) is 16.9 Å². The van der Waals surface area contributed by atoms with Gasteiger partial charge in [0.2, 0.25) is 0 Å². The Balaban J connectivity index is 1.54. The van der Waals surface area contributed by atoms with Crippen LogP contribution in [0.25, 0.3) is 11.6 Å². The highest BCUT2D eigenvalue weighted by Gasteiger charge is 2.31. The molecule has 1 aliphatic rings. The number of carbonyl (C=O) groups is 2. The molecule has 0 N–H and O–H groups in total. The van der Waals surface area contributed by atoms with Gasteiger partial charge in [-0.25, -0.2) is 4.79 Å². The van der Waals surface area contributed by atoms with E-state index >= 15 is 0 Å². The van der Waals surface area contributed by atoms with E-state index < -0.39 is 5.97 Å². The zero-order valence-electron chi connectivity index (χ0n) is 18.2. The number of hydrogen-bond acceptors (Lipinski definition) is 4. The summed E-state index contributed by atoms with van der Waals surface area (Å²) in [7, 11) is 1.60. The first-order valence-corrected chi connectivity index (χ1v) is 10.5. The first-order chi connectivity index (χ1) is 15.6. The van der Waals surface area contributed by atoms with Crippen molar-refractivity contribution in [1.29, 1.82) is 0 Å². The Kier molecular flexibility index (Phi) is 6.36. The first-order valence-electron chi connectivity index (χ1n) is 10.5. The van der Waals surface area contributed by atoms with Gasteiger partial charge in [0.1, 0.15) is 5.75 Å². The predicted molar refractivity (Wildman–Crippen MR) is 125 cm³/mol. The molecule has 4 rings (SSSR count). The van der Waals surface area contributed by atoms with E-state index in [0.717, 1.165) is 23.2 Å². The highest BCUT2D eigenvalue weighted by Crippen LogP contribution is 2.32. The minimum atomic E-state index is -0.549. The third-order valence-corrected chi connectivity index (χ3v) is 5.51. The average Bonchev–Trinajstić information content (AvgIpc) is 3.17. The maximum Gasteiger partial charge on any atom is 0.339 e. The monoisotopic (exact) mass is 427 g/mol. The van der Waals surface area contributed by atoms with Crippen molar-refractivity contribution in [2.24, 2.45) is 0 Å². The normalized spacial score (nSPS) is 15.2. The molecule has 1 atom stereocenters. The molecule has 3 aromatic carbocycles. The molecule has 0 fully saturated rings. The quantitative estimate of drug-likeness (QED) is 0.323. The van der Waals surface area contributed by atoms with E-state index in [-0.39, 0.29) is 18.6 Å². The van der Waals surface area contributed by atoms with Crippen molar-refractivity contribution >= 4 is 29.2 Å². The Hall–Kier alpha value is -3.86. The SMILES string of the molecule is COc1cccc(/C=C(/C(=O)OCC(=O)N2c3ccccc3C[C@H]2C)c2ccccc2)c1. The van der Waals surface area contributed by atoms with Crippen molar-refractivity contribution < 1.29 is 19.1 Å². The van der Waals surface area contributed by atoms with Gasteiger partial charge >= 0.3 is 5.97 Å². The van der Waals surface area contributed by atoms with Crippen LogP contribution in [-0.4, -0.2) is 31.6 Å². The molecule has 1 heterocycles. The highest BCUT2D eigenvalue weighted by atomic mass is 16.5. The molecule has 0 spiro atoms. The summed E-state index contributed by atoms with van der Waals surface area (Å²) in [6, 6.07) is 24.5. The molecule has 1 amide bonds. The smallest absolute Gasteiger partial charge is 0.339 e. The zero-order valence-corrected chi connectivity index (χ0v) is 18.2. The lowest BCUT2D eigenvalue weighted by molar-refractivity contribution is -0.142. The number of rotatable bonds is 6. The molecule has 32 heavy (non-hydrogen) atoms. The van der Waals surface area contributed by atoms with Crippen molar-refractivity contribution in [1.82, 2.24) is 0 Å². The zero-order chi connectivity index (χ0) is 22.5. The van der Waals surface area contributed by atoms with Crippen LogP contribution in [0.3, 0.4) is 0 Å². The van der Waals surface area contributed by atoms with Gasteiger partial charge < -0.3 is 14.4 Å². The van der Waals surface area contributed by atoms with E-state index in [1.165, 1.54) is 0 Å². The summed E-state index contributed by atoms with van der Waals surface area (Å²) in [5.74, 6) is -0.0894. The van der Waals surface area contributed by atoms with Gasteiger partial charge in [-0.05, 0) is 54.3 Å². The van der Waals surface area contributed by atoms with Crippen LogP contribution in [-0.2, 0) is 20.7 Å². The third kappa shape index (κ3) is 4.57. The number of para-hydroxylation sites is 1. The molecule has 0 bridgehead atoms. The Morgan fingerprint density at radius 3 is 2.53 bits per heavy atom. The summed E-state index contributed by atoms with van der Waals surface area (Å²) < 4.78 is 10.8. The van der Waals surface area contributed by atoms with Gasteiger partial charge in [-0.3, -0.25) is 4.79 Å². The van der Waals surface area contributed by atoms with Gasteiger partial charge in [0.05, 0.1) is 12.7 Å². The Morgan fingerprint density at radius 2 is 1.75 bits per heavy atom. The van der Waals surface area contributed by atoms with Crippen LogP contribution >= 0.6 is 0 Å². The molecular formula is C27H25NO4. The van der Waals surface area contributed by atoms with Crippen LogP contribution in [0.1, 0.15) is 23.6 Å². The molecule has 0 aliphatic carbocycles. The molecule has 0 unspecified atom stereocenters. The summed E-state index contributed by atoms with van der Waals surface area (Å²) in [4.78, 5) is 27.7. The predicted octanol–water partition coefficient (Wildman–Crippen LogP) is 4.76. The van der Waals surface area contributed by atoms with Crippen molar-refractivity contribution in [3.05, 3.63) is 95.6 Å². The van der Waals surface area contributed by atoms with Crippen LogP contribution < -0.4 is 9.64 Å². The number of hydrogen-bond donors (Lipinski definition) is 0. The standard InChI is InChI=1S/C27H25NO4/c1-19-15-22-12-6-7-14-25(22)28(19)26(29)18-32-27(30)24(21-10-4-3-5-11-21)17-20-9-8-13-23(16-20)31-2/h3-14,16-17,19H,15,18H2,1-2H3/b24-17+/t19-/m1/s1. The number of carbonyl (C=O) groups excluding carboxylic acids is 2. The second-order valence-electron chi connectivity index (χ2n) is 7.72. The summed E-state index contributed by atoms with van der Waals surface area (Å²) in [5, 5.41) is 0. The van der Waals surface area contributed by atoms with E-state index in [2.05, 4.69) is 0 Å². The fourth-order valence-corrected chi connectivity index (χ4v) is 4.00. The third-order valence-electron chi connectivity index (χ3n) is 5.51. The first kappa shape index (κ1) is 21.4. The molecular weight excluding hydrogens is 402 g/mol. The molecule has 1 aliphatic heterocycles. The number of ether oxygens (including phenoxy) is 2. The van der Waals surface area contributed by atoms with Gasteiger partial charge in [0, 0.05) is 11.7 Å². The second-order valence-corrected chi connectivity index (χ2v) is 7.72. The van der Waals surface area contributed by atoms with Crippen LogP contribution in [0.5, 0.6) is 5.75 Å². The fourth-order valence-electron chi connectivity index (χ4n) is 4.00. The maximum atomic E-state index is 13.1. The highest BCUT2D eigenvalue weighted by molar-refractivity contribution is 6.22. The van der Waals surface area contributed by atoms with Crippen molar-refractivity contribution in [3.8, 4) is 5.75 Å². The average molecular weight is 428 g/mol. The summed E-state index contributed by atoms with van der Waals surface area (Å²) >= 11 is 0. The Morgan fingerprint density at radius 1 is 1.00 bits per heavy atom. The lowest BCUT2D eigenvalue weighted by Crippen LogP contribution is -2.38. The largest absolute Gasteiger partial charge is 0.497 e. The number of esters is 1. The Bertz CT molecular complexity index is 1150. The minimum Gasteiger partial charge on any atom is -0.497 e. The molecule has 5 heteroatoms.